The first-order valence-corrected chi connectivity index (χ1v) is 12.4. The monoisotopic (exact) mass is 375 g/mol. The molecule has 0 aliphatic heterocycles. The van der Waals surface area contributed by atoms with Crippen LogP contribution in [-0.2, 0) is 0 Å². The van der Waals surface area contributed by atoms with Crippen molar-refractivity contribution in [2.75, 3.05) is 6.54 Å². The predicted molar refractivity (Wildman–Crippen MR) is 119 cm³/mol. The Kier molecular flexibility index (Phi) is 6.42. The predicted octanol–water partition coefficient (Wildman–Crippen LogP) is 7.72. The summed E-state index contributed by atoms with van der Waals surface area (Å²) in [6.07, 6.45) is 20.2. The second-order valence-corrected chi connectivity index (χ2v) is 12.0. The summed E-state index contributed by atoms with van der Waals surface area (Å²) in [6.45, 7) is 14.3. The molecule has 3 saturated carbocycles. The van der Waals surface area contributed by atoms with E-state index in [1.807, 2.05) is 0 Å². The van der Waals surface area contributed by atoms with Gasteiger partial charge in [0.1, 0.15) is 0 Å². The maximum absolute atomic E-state index is 5.74. The second-order valence-electron chi connectivity index (χ2n) is 12.0. The van der Waals surface area contributed by atoms with E-state index in [0.29, 0.717) is 21.7 Å². The molecule has 0 radical (unpaired) electrons. The molecule has 0 aromatic heterocycles. The quantitative estimate of drug-likeness (QED) is 0.489. The number of hydrogen-bond acceptors (Lipinski definition) is 1. The van der Waals surface area contributed by atoms with E-state index in [1.165, 1.54) is 89.9 Å². The van der Waals surface area contributed by atoms with Crippen LogP contribution in [-0.4, -0.2) is 6.54 Å². The molecule has 0 bridgehead atoms. The minimum absolute atomic E-state index is 0.432. The summed E-state index contributed by atoms with van der Waals surface area (Å²) in [4.78, 5) is 0. The summed E-state index contributed by atoms with van der Waals surface area (Å²) in [5.41, 5.74) is 7.77. The Morgan fingerprint density at radius 1 is 0.778 bits per heavy atom. The van der Waals surface area contributed by atoms with Gasteiger partial charge in [-0.25, -0.2) is 0 Å². The summed E-state index contributed by atoms with van der Waals surface area (Å²) in [5, 5.41) is 0. The molecule has 4 unspecified atom stereocenters. The van der Waals surface area contributed by atoms with Crippen molar-refractivity contribution in [1.29, 1.82) is 0 Å². The minimum Gasteiger partial charge on any atom is -0.330 e. The van der Waals surface area contributed by atoms with E-state index in [2.05, 4.69) is 34.6 Å². The zero-order chi connectivity index (χ0) is 19.8. The third-order valence-corrected chi connectivity index (χ3v) is 11.0. The van der Waals surface area contributed by atoms with Crippen LogP contribution < -0.4 is 5.73 Å². The number of hydrogen-bond donors (Lipinski definition) is 1. The van der Waals surface area contributed by atoms with Gasteiger partial charge in [-0.15, -0.1) is 0 Å². The number of fused-ring (bicyclic) bond motifs is 1. The van der Waals surface area contributed by atoms with E-state index >= 15 is 0 Å². The molecule has 158 valence electrons. The third kappa shape index (κ3) is 3.53. The van der Waals surface area contributed by atoms with Gasteiger partial charge in [0.25, 0.3) is 0 Å². The summed E-state index contributed by atoms with van der Waals surface area (Å²) < 4.78 is 0. The Bertz CT molecular complexity index is 496. The van der Waals surface area contributed by atoms with Gasteiger partial charge in [-0.3, -0.25) is 0 Å². The SMILES string of the molecule is CC1(C2CCC(CCCCN)C2)CCCCCC[C@]2(C)CCC2(C)C1(C)C. The van der Waals surface area contributed by atoms with E-state index < -0.39 is 0 Å². The van der Waals surface area contributed by atoms with Gasteiger partial charge in [-0.2, -0.15) is 0 Å². The van der Waals surface area contributed by atoms with Gasteiger partial charge < -0.3 is 5.73 Å². The molecule has 0 spiro atoms. The van der Waals surface area contributed by atoms with Crippen LogP contribution >= 0.6 is 0 Å². The van der Waals surface area contributed by atoms with Gasteiger partial charge in [0.15, 0.2) is 0 Å². The first-order chi connectivity index (χ1) is 12.7. The molecule has 1 heteroatoms. The Labute approximate surface area is 170 Å². The Morgan fingerprint density at radius 2 is 1.48 bits per heavy atom. The molecule has 3 aliphatic rings. The van der Waals surface area contributed by atoms with Crippen molar-refractivity contribution < 1.29 is 0 Å². The van der Waals surface area contributed by atoms with Crippen LogP contribution in [0, 0.1) is 33.5 Å². The van der Waals surface area contributed by atoms with Crippen molar-refractivity contribution in [3.05, 3.63) is 0 Å². The Balaban J connectivity index is 1.82. The molecular weight excluding hydrogens is 326 g/mol. The van der Waals surface area contributed by atoms with Crippen molar-refractivity contribution in [3.63, 3.8) is 0 Å². The zero-order valence-electron chi connectivity index (χ0n) is 19.3. The summed E-state index contributed by atoms with van der Waals surface area (Å²) in [5.74, 6) is 1.92. The molecule has 3 fully saturated rings. The lowest BCUT2D eigenvalue weighted by Crippen LogP contribution is -2.62. The van der Waals surface area contributed by atoms with E-state index in [0.717, 1.165) is 18.4 Å². The average Bonchev–Trinajstić information content (AvgIpc) is 3.11. The van der Waals surface area contributed by atoms with Crippen LogP contribution in [0.1, 0.15) is 125 Å². The topological polar surface area (TPSA) is 26.0 Å². The Hall–Kier alpha value is -0.0400. The van der Waals surface area contributed by atoms with Gasteiger partial charge in [0.2, 0.25) is 0 Å². The standard InChI is InChI=1S/C26H49N/c1-23(2)25(4,22-14-13-21(20-22)12-8-11-19-27)16-10-7-6-9-15-24(3)17-18-26(23,24)5/h21-22H,6-20,27H2,1-5H3/t21?,22?,24-,25?,26?/m1/s1. The van der Waals surface area contributed by atoms with Gasteiger partial charge in [-0.1, -0.05) is 79.6 Å². The molecule has 2 N–H and O–H groups in total. The van der Waals surface area contributed by atoms with Crippen LogP contribution in [0.25, 0.3) is 0 Å². The highest BCUT2D eigenvalue weighted by Gasteiger charge is 2.65. The van der Waals surface area contributed by atoms with Crippen LogP contribution in [0.5, 0.6) is 0 Å². The number of unbranched alkanes of at least 4 members (excludes halogenated alkanes) is 1. The lowest BCUT2D eigenvalue weighted by atomic mass is 9.35. The molecule has 0 saturated heterocycles. The maximum Gasteiger partial charge on any atom is -0.00773 e. The largest absolute Gasteiger partial charge is 0.330 e. The Morgan fingerprint density at radius 3 is 2.11 bits per heavy atom. The number of rotatable bonds is 5. The fourth-order valence-corrected chi connectivity index (χ4v) is 7.91. The lowest BCUT2D eigenvalue weighted by Gasteiger charge is -2.70. The molecule has 3 rings (SSSR count). The summed E-state index contributed by atoms with van der Waals surface area (Å²) in [6, 6.07) is 0. The van der Waals surface area contributed by atoms with Crippen LogP contribution in [0.15, 0.2) is 0 Å². The molecule has 0 amide bonds. The van der Waals surface area contributed by atoms with Crippen molar-refractivity contribution in [3.8, 4) is 0 Å². The maximum atomic E-state index is 5.74. The number of nitrogens with two attached hydrogens (primary N) is 1. The molecule has 3 aliphatic carbocycles. The minimum atomic E-state index is 0.432. The van der Waals surface area contributed by atoms with E-state index in [4.69, 9.17) is 5.73 Å². The summed E-state index contributed by atoms with van der Waals surface area (Å²) in [7, 11) is 0. The van der Waals surface area contributed by atoms with Gasteiger partial charge >= 0.3 is 0 Å². The fraction of sp³-hybridized carbons (Fsp3) is 1.00. The van der Waals surface area contributed by atoms with Crippen molar-refractivity contribution >= 4 is 0 Å². The normalized spacial score (nSPS) is 45.1. The molecule has 0 heterocycles. The van der Waals surface area contributed by atoms with Crippen molar-refractivity contribution in [2.45, 2.75) is 125 Å². The highest BCUT2D eigenvalue weighted by Crippen LogP contribution is 2.73. The average molecular weight is 376 g/mol. The molecule has 0 aromatic rings. The zero-order valence-corrected chi connectivity index (χ0v) is 19.3. The highest BCUT2D eigenvalue weighted by molar-refractivity contribution is 5.14. The van der Waals surface area contributed by atoms with Crippen LogP contribution in [0.3, 0.4) is 0 Å². The smallest absolute Gasteiger partial charge is 0.00773 e. The van der Waals surface area contributed by atoms with Crippen molar-refractivity contribution in [1.82, 2.24) is 0 Å². The first-order valence-electron chi connectivity index (χ1n) is 12.4. The van der Waals surface area contributed by atoms with Gasteiger partial charge in [0.05, 0.1) is 0 Å². The second kappa shape index (κ2) is 8.00. The van der Waals surface area contributed by atoms with Gasteiger partial charge in [-0.05, 0) is 85.0 Å². The van der Waals surface area contributed by atoms with Crippen molar-refractivity contribution in [2.24, 2.45) is 39.2 Å². The fourth-order valence-electron chi connectivity index (χ4n) is 7.91. The van der Waals surface area contributed by atoms with E-state index in [1.54, 1.807) is 0 Å². The molecule has 0 aromatic carbocycles. The van der Waals surface area contributed by atoms with E-state index in [9.17, 15) is 0 Å². The summed E-state index contributed by atoms with van der Waals surface area (Å²) >= 11 is 0. The van der Waals surface area contributed by atoms with E-state index in [-0.39, 0.29) is 0 Å². The van der Waals surface area contributed by atoms with Gasteiger partial charge in [0, 0.05) is 0 Å². The highest BCUT2D eigenvalue weighted by atomic mass is 14.7. The molecule has 5 atom stereocenters. The molecule has 1 nitrogen and oxygen atoms in total. The van der Waals surface area contributed by atoms with Crippen LogP contribution in [0.4, 0.5) is 0 Å². The van der Waals surface area contributed by atoms with Crippen LogP contribution in [0.2, 0.25) is 0 Å². The molecule has 27 heavy (non-hydrogen) atoms. The first kappa shape index (κ1) is 21.7. The molecular formula is C26H49N. The third-order valence-electron chi connectivity index (χ3n) is 11.0. The lowest BCUT2D eigenvalue weighted by molar-refractivity contribution is -0.208.